The molecule has 2 aromatic carbocycles. The van der Waals surface area contributed by atoms with E-state index in [-0.39, 0.29) is 41.9 Å². The standard InChI is InChI=1S/C21H26F2N4O.HI/c1-24-21(26-13-11-17-18(22)8-5-9-19(17)23)25-12-10-15-6-4-7-16(14-15)20(28)27(2)3;/h4-9,14H,10-13H2,1-3H3,(H2,24,25,26);1H. The highest BCUT2D eigenvalue weighted by molar-refractivity contribution is 14.0. The summed E-state index contributed by atoms with van der Waals surface area (Å²) in [6.07, 6.45) is 0.922. The van der Waals surface area contributed by atoms with Gasteiger partial charge in [-0.3, -0.25) is 9.79 Å². The lowest BCUT2D eigenvalue weighted by Crippen LogP contribution is -2.39. The number of hydrogen-bond donors (Lipinski definition) is 2. The zero-order valence-electron chi connectivity index (χ0n) is 16.8. The molecule has 0 saturated carbocycles. The first-order valence-electron chi connectivity index (χ1n) is 9.10. The Labute approximate surface area is 187 Å². The Morgan fingerprint density at radius 3 is 2.17 bits per heavy atom. The quantitative estimate of drug-likeness (QED) is 0.338. The van der Waals surface area contributed by atoms with Crippen LogP contribution in [0.5, 0.6) is 0 Å². The summed E-state index contributed by atoms with van der Waals surface area (Å²) >= 11 is 0. The highest BCUT2D eigenvalue weighted by Gasteiger charge is 2.09. The van der Waals surface area contributed by atoms with E-state index >= 15 is 0 Å². The third kappa shape index (κ3) is 7.60. The van der Waals surface area contributed by atoms with Crippen LogP contribution in [0.4, 0.5) is 8.78 Å². The van der Waals surface area contributed by atoms with Gasteiger partial charge in [-0.1, -0.05) is 18.2 Å². The van der Waals surface area contributed by atoms with Crippen molar-refractivity contribution < 1.29 is 13.6 Å². The minimum atomic E-state index is -0.545. The molecule has 158 valence electrons. The number of amides is 1. The van der Waals surface area contributed by atoms with Gasteiger partial charge >= 0.3 is 0 Å². The fourth-order valence-corrected chi connectivity index (χ4v) is 2.74. The number of guanidine groups is 1. The van der Waals surface area contributed by atoms with Crippen LogP contribution in [0, 0.1) is 11.6 Å². The molecule has 0 heterocycles. The van der Waals surface area contributed by atoms with Gasteiger partial charge in [0.05, 0.1) is 0 Å². The predicted molar refractivity (Wildman–Crippen MR) is 123 cm³/mol. The number of carbonyl (C=O) groups is 1. The molecule has 8 heteroatoms. The molecule has 0 aromatic heterocycles. The molecule has 0 bridgehead atoms. The summed E-state index contributed by atoms with van der Waals surface area (Å²) in [5.41, 5.74) is 1.74. The number of nitrogens with one attached hydrogen (secondary N) is 2. The molecule has 0 fully saturated rings. The monoisotopic (exact) mass is 516 g/mol. The van der Waals surface area contributed by atoms with Crippen molar-refractivity contribution in [3.05, 3.63) is 70.8 Å². The van der Waals surface area contributed by atoms with E-state index < -0.39 is 11.6 Å². The second-order valence-corrected chi connectivity index (χ2v) is 6.53. The van der Waals surface area contributed by atoms with E-state index in [4.69, 9.17) is 0 Å². The van der Waals surface area contributed by atoms with Crippen molar-refractivity contribution in [3.8, 4) is 0 Å². The van der Waals surface area contributed by atoms with Crippen molar-refractivity contribution in [3.63, 3.8) is 0 Å². The number of aliphatic imine (C=N–C) groups is 1. The maximum atomic E-state index is 13.6. The van der Waals surface area contributed by atoms with Crippen molar-refractivity contribution in [1.29, 1.82) is 0 Å². The number of hydrogen-bond acceptors (Lipinski definition) is 2. The van der Waals surface area contributed by atoms with Gasteiger partial charge in [0.2, 0.25) is 0 Å². The van der Waals surface area contributed by atoms with Crippen LogP contribution >= 0.6 is 24.0 Å². The molecule has 0 saturated heterocycles. The van der Waals surface area contributed by atoms with Crippen LogP contribution < -0.4 is 10.6 Å². The van der Waals surface area contributed by atoms with E-state index in [9.17, 15) is 13.6 Å². The fraction of sp³-hybridized carbons (Fsp3) is 0.333. The first-order chi connectivity index (χ1) is 13.4. The van der Waals surface area contributed by atoms with Gasteiger partial charge in [0.25, 0.3) is 5.91 Å². The molecule has 0 unspecified atom stereocenters. The van der Waals surface area contributed by atoms with Gasteiger partial charge in [0.15, 0.2) is 5.96 Å². The number of nitrogens with zero attached hydrogens (tertiary/aromatic N) is 2. The van der Waals surface area contributed by atoms with Gasteiger partial charge in [0, 0.05) is 45.4 Å². The topological polar surface area (TPSA) is 56.7 Å². The molecular formula is C21H27F2IN4O. The lowest BCUT2D eigenvalue weighted by molar-refractivity contribution is 0.0827. The van der Waals surface area contributed by atoms with Crippen molar-refractivity contribution in [2.24, 2.45) is 4.99 Å². The first kappa shape index (κ1) is 24.8. The Morgan fingerprint density at radius 2 is 1.59 bits per heavy atom. The maximum absolute atomic E-state index is 13.6. The summed E-state index contributed by atoms with van der Waals surface area (Å²) in [5, 5.41) is 6.21. The Kier molecular flexibility index (Phi) is 10.6. The van der Waals surface area contributed by atoms with E-state index in [1.165, 1.54) is 18.2 Å². The van der Waals surface area contributed by atoms with Gasteiger partial charge in [-0.05, 0) is 42.7 Å². The van der Waals surface area contributed by atoms with E-state index in [1.54, 1.807) is 32.1 Å². The lowest BCUT2D eigenvalue weighted by atomic mass is 10.1. The summed E-state index contributed by atoms with van der Waals surface area (Å²) in [6, 6.07) is 11.3. The van der Waals surface area contributed by atoms with E-state index in [1.807, 2.05) is 18.2 Å². The fourth-order valence-electron chi connectivity index (χ4n) is 2.74. The van der Waals surface area contributed by atoms with Crippen LogP contribution in [0.2, 0.25) is 0 Å². The maximum Gasteiger partial charge on any atom is 0.253 e. The molecule has 2 rings (SSSR count). The third-order valence-corrected chi connectivity index (χ3v) is 4.24. The summed E-state index contributed by atoms with van der Waals surface area (Å²) in [7, 11) is 5.08. The zero-order chi connectivity index (χ0) is 20.5. The van der Waals surface area contributed by atoms with E-state index in [0.717, 1.165) is 5.56 Å². The molecular weight excluding hydrogens is 489 g/mol. The van der Waals surface area contributed by atoms with Crippen molar-refractivity contribution in [1.82, 2.24) is 15.5 Å². The lowest BCUT2D eigenvalue weighted by Gasteiger charge is -2.13. The zero-order valence-corrected chi connectivity index (χ0v) is 19.2. The van der Waals surface area contributed by atoms with Gasteiger partial charge in [-0.25, -0.2) is 8.78 Å². The molecule has 5 nitrogen and oxygen atoms in total. The van der Waals surface area contributed by atoms with E-state index in [2.05, 4.69) is 15.6 Å². The number of carbonyl (C=O) groups excluding carboxylic acids is 1. The summed E-state index contributed by atoms with van der Waals surface area (Å²) in [4.78, 5) is 17.7. The summed E-state index contributed by atoms with van der Waals surface area (Å²) in [5.74, 6) is -0.571. The molecule has 2 N–H and O–H groups in total. The van der Waals surface area contributed by atoms with Crippen molar-refractivity contribution >= 4 is 35.8 Å². The SMILES string of the molecule is CN=C(NCCc1cccc(C(=O)N(C)C)c1)NCCc1c(F)cccc1F.I. The van der Waals surface area contributed by atoms with Crippen molar-refractivity contribution in [2.75, 3.05) is 34.2 Å². The molecule has 0 aliphatic carbocycles. The summed E-state index contributed by atoms with van der Waals surface area (Å²) < 4.78 is 27.3. The largest absolute Gasteiger partial charge is 0.356 e. The van der Waals surface area contributed by atoms with Gasteiger partial charge < -0.3 is 15.5 Å². The van der Waals surface area contributed by atoms with Gasteiger partial charge in [-0.2, -0.15) is 0 Å². The van der Waals surface area contributed by atoms with Crippen LogP contribution in [0.15, 0.2) is 47.5 Å². The van der Waals surface area contributed by atoms with Crippen molar-refractivity contribution in [2.45, 2.75) is 12.8 Å². The molecule has 0 aliphatic rings. The molecule has 0 aliphatic heterocycles. The molecule has 0 atom stereocenters. The predicted octanol–water partition coefficient (Wildman–Crippen LogP) is 3.23. The summed E-state index contributed by atoms with van der Waals surface area (Å²) in [6.45, 7) is 0.956. The minimum Gasteiger partial charge on any atom is -0.356 e. The first-order valence-corrected chi connectivity index (χ1v) is 9.10. The minimum absolute atomic E-state index is 0. The Morgan fingerprint density at radius 1 is 1.00 bits per heavy atom. The smallest absolute Gasteiger partial charge is 0.253 e. The van der Waals surface area contributed by atoms with Crippen LogP contribution in [0.25, 0.3) is 0 Å². The second kappa shape index (κ2) is 12.4. The Hall–Kier alpha value is -2.23. The van der Waals surface area contributed by atoms with Gasteiger partial charge in [0.1, 0.15) is 11.6 Å². The van der Waals surface area contributed by atoms with Crippen LogP contribution in [-0.2, 0) is 12.8 Å². The van der Waals surface area contributed by atoms with Crippen LogP contribution in [-0.4, -0.2) is 51.0 Å². The molecule has 0 radical (unpaired) electrons. The molecule has 1 amide bonds. The highest BCUT2D eigenvalue weighted by Crippen LogP contribution is 2.12. The third-order valence-electron chi connectivity index (χ3n) is 4.24. The second-order valence-electron chi connectivity index (χ2n) is 6.53. The molecule has 2 aromatic rings. The average molecular weight is 516 g/mol. The van der Waals surface area contributed by atoms with Crippen LogP contribution in [0.1, 0.15) is 21.5 Å². The highest BCUT2D eigenvalue weighted by atomic mass is 127. The average Bonchev–Trinajstić information content (AvgIpc) is 2.68. The number of benzene rings is 2. The number of rotatable bonds is 7. The van der Waals surface area contributed by atoms with Gasteiger partial charge in [-0.15, -0.1) is 24.0 Å². The Bertz CT molecular complexity index is 823. The van der Waals surface area contributed by atoms with Crippen LogP contribution in [0.3, 0.4) is 0 Å². The molecule has 0 spiro atoms. The molecule has 29 heavy (non-hydrogen) atoms. The number of halogens is 3. The van der Waals surface area contributed by atoms with E-state index in [0.29, 0.717) is 31.0 Å². The normalized spacial score (nSPS) is 10.9. The Balaban J connectivity index is 0.00000420.